The van der Waals surface area contributed by atoms with Crippen molar-refractivity contribution in [3.05, 3.63) is 42.0 Å². The average molecular weight is 397 g/mol. The SMILES string of the molecule is O=C(c1cc2ccccc2cc1OCC(O)CN1CCCCC1)N1CCCCC1. The van der Waals surface area contributed by atoms with Gasteiger partial charge in [-0.1, -0.05) is 30.7 Å². The van der Waals surface area contributed by atoms with E-state index in [2.05, 4.69) is 4.90 Å². The number of hydrogen-bond acceptors (Lipinski definition) is 4. The van der Waals surface area contributed by atoms with Crippen molar-refractivity contribution in [2.75, 3.05) is 39.3 Å². The first-order valence-corrected chi connectivity index (χ1v) is 11.1. The molecule has 0 aliphatic carbocycles. The lowest BCUT2D eigenvalue weighted by Crippen LogP contribution is -2.39. The minimum Gasteiger partial charge on any atom is -0.490 e. The number of rotatable bonds is 6. The van der Waals surface area contributed by atoms with Crippen molar-refractivity contribution < 1.29 is 14.6 Å². The predicted octanol–water partition coefficient (Wildman–Crippen LogP) is 3.69. The summed E-state index contributed by atoms with van der Waals surface area (Å²) in [5.41, 5.74) is 0.607. The van der Waals surface area contributed by atoms with Crippen molar-refractivity contribution in [1.29, 1.82) is 0 Å². The normalized spacial score (nSPS) is 19.3. The van der Waals surface area contributed by atoms with Gasteiger partial charge in [0, 0.05) is 19.6 Å². The molecular weight excluding hydrogens is 364 g/mol. The summed E-state index contributed by atoms with van der Waals surface area (Å²) in [7, 11) is 0. The third-order valence-corrected chi connectivity index (χ3v) is 6.07. The van der Waals surface area contributed by atoms with Crippen molar-refractivity contribution in [2.45, 2.75) is 44.6 Å². The maximum Gasteiger partial charge on any atom is 0.257 e. The molecular formula is C24H32N2O3. The molecule has 2 saturated heterocycles. The average Bonchev–Trinajstić information content (AvgIpc) is 2.78. The molecule has 1 unspecified atom stereocenters. The molecule has 1 atom stereocenters. The molecule has 2 heterocycles. The Bertz CT molecular complexity index is 826. The second-order valence-corrected chi connectivity index (χ2v) is 8.37. The van der Waals surface area contributed by atoms with Gasteiger partial charge in [0.1, 0.15) is 18.5 Å². The van der Waals surface area contributed by atoms with Gasteiger partial charge in [0.05, 0.1) is 5.56 Å². The molecule has 0 aromatic heterocycles. The molecule has 5 heteroatoms. The third-order valence-electron chi connectivity index (χ3n) is 6.07. The molecule has 4 rings (SSSR count). The van der Waals surface area contributed by atoms with Crippen molar-refractivity contribution in [2.24, 2.45) is 0 Å². The van der Waals surface area contributed by atoms with E-state index in [9.17, 15) is 9.90 Å². The number of carbonyl (C=O) groups is 1. The molecule has 0 spiro atoms. The molecule has 0 bridgehead atoms. The van der Waals surface area contributed by atoms with Crippen LogP contribution in [0.1, 0.15) is 48.9 Å². The fourth-order valence-corrected chi connectivity index (χ4v) is 4.45. The highest BCUT2D eigenvalue weighted by Crippen LogP contribution is 2.28. The van der Waals surface area contributed by atoms with Crippen molar-refractivity contribution in [3.63, 3.8) is 0 Å². The number of benzene rings is 2. The number of hydrogen-bond donors (Lipinski definition) is 1. The van der Waals surface area contributed by atoms with Gasteiger partial charge in [-0.3, -0.25) is 4.79 Å². The smallest absolute Gasteiger partial charge is 0.257 e. The maximum atomic E-state index is 13.2. The fraction of sp³-hybridized carbons (Fsp3) is 0.542. The standard InChI is InChI=1S/C24H32N2O3/c27-21(17-25-11-5-1-6-12-25)18-29-23-16-20-10-4-3-9-19(20)15-22(23)24(28)26-13-7-2-8-14-26/h3-4,9-10,15-16,21,27H,1-2,5-8,11-14,17-18H2. The summed E-state index contributed by atoms with van der Waals surface area (Å²) in [5.74, 6) is 0.618. The first-order chi connectivity index (χ1) is 14.2. The number of piperidine rings is 2. The summed E-state index contributed by atoms with van der Waals surface area (Å²) < 4.78 is 6.04. The Hall–Kier alpha value is -2.11. The number of carbonyl (C=O) groups excluding carboxylic acids is 1. The van der Waals surface area contributed by atoms with Crippen LogP contribution in [0.25, 0.3) is 10.8 Å². The van der Waals surface area contributed by atoms with E-state index in [0.29, 0.717) is 17.9 Å². The van der Waals surface area contributed by atoms with Crippen LogP contribution in [0.2, 0.25) is 0 Å². The van der Waals surface area contributed by atoms with Gasteiger partial charge in [-0.15, -0.1) is 0 Å². The van der Waals surface area contributed by atoms with Gasteiger partial charge < -0.3 is 19.6 Å². The third kappa shape index (κ3) is 5.09. The van der Waals surface area contributed by atoms with Crippen molar-refractivity contribution >= 4 is 16.7 Å². The van der Waals surface area contributed by atoms with Crippen molar-refractivity contribution in [1.82, 2.24) is 9.80 Å². The summed E-state index contributed by atoms with van der Waals surface area (Å²) in [4.78, 5) is 17.4. The Morgan fingerprint density at radius 3 is 2.24 bits per heavy atom. The van der Waals surface area contributed by atoms with Crippen LogP contribution in [0.4, 0.5) is 0 Å². The number of likely N-dealkylation sites (tertiary alicyclic amines) is 2. The van der Waals surface area contributed by atoms with Crippen LogP contribution in [0.5, 0.6) is 5.75 Å². The van der Waals surface area contributed by atoms with E-state index >= 15 is 0 Å². The molecule has 2 aliphatic heterocycles. The number of nitrogens with zero attached hydrogens (tertiary/aromatic N) is 2. The van der Waals surface area contributed by atoms with E-state index in [-0.39, 0.29) is 12.5 Å². The van der Waals surface area contributed by atoms with E-state index in [1.165, 1.54) is 25.7 Å². The van der Waals surface area contributed by atoms with Crippen LogP contribution in [-0.4, -0.2) is 66.2 Å². The summed E-state index contributed by atoms with van der Waals surface area (Å²) in [6, 6.07) is 11.9. The molecule has 0 saturated carbocycles. The van der Waals surface area contributed by atoms with Crippen LogP contribution in [0, 0.1) is 0 Å². The molecule has 156 valence electrons. The Labute approximate surface area is 173 Å². The largest absolute Gasteiger partial charge is 0.490 e. The molecule has 2 aromatic carbocycles. The highest BCUT2D eigenvalue weighted by molar-refractivity contribution is 6.01. The molecule has 0 radical (unpaired) electrons. The van der Waals surface area contributed by atoms with E-state index in [0.717, 1.165) is 49.8 Å². The number of β-amino-alcohol motifs (C(OH)–C–C–N with tert-alkyl or cyclic N) is 1. The van der Waals surface area contributed by atoms with Gasteiger partial charge in [-0.2, -0.15) is 0 Å². The lowest BCUT2D eigenvalue weighted by molar-refractivity contribution is 0.0595. The first kappa shape index (κ1) is 20.2. The molecule has 2 aromatic rings. The van der Waals surface area contributed by atoms with E-state index in [1.807, 2.05) is 41.3 Å². The van der Waals surface area contributed by atoms with E-state index in [4.69, 9.17) is 4.74 Å². The number of aliphatic hydroxyl groups is 1. The Morgan fingerprint density at radius 1 is 0.931 bits per heavy atom. The Balaban J connectivity index is 1.50. The second-order valence-electron chi connectivity index (χ2n) is 8.37. The van der Waals surface area contributed by atoms with Gasteiger partial charge in [0.15, 0.2) is 0 Å². The second kappa shape index (κ2) is 9.59. The minimum absolute atomic E-state index is 0.0379. The summed E-state index contributed by atoms with van der Waals surface area (Å²) >= 11 is 0. The van der Waals surface area contributed by atoms with Gasteiger partial charge in [0.2, 0.25) is 0 Å². The Morgan fingerprint density at radius 2 is 1.55 bits per heavy atom. The monoisotopic (exact) mass is 396 g/mol. The minimum atomic E-state index is -0.558. The van der Waals surface area contributed by atoms with Gasteiger partial charge >= 0.3 is 0 Å². The lowest BCUT2D eigenvalue weighted by Gasteiger charge is -2.29. The van der Waals surface area contributed by atoms with Gasteiger partial charge in [-0.05, 0) is 68.1 Å². The van der Waals surface area contributed by atoms with E-state index < -0.39 is 6.10 Å². The maximum absolute atomic E-state index is 13.2. The van der Waals surface area contributed by atoms with Crippen LogP contribution in [0.15, 0.2) is 36.4 Å². The topological polar surface area (TPSA) is 53.0 Å². The lowest BCUT2D eigenvalue weighted by atomic mass is 10.0. The molecule has 2 fully saturated rings. The molecule has 2 aliphatic rings. The number of aliphatic hydroxyl groups excluding tert-OH is 1. The van der Waals surface area contributed by atoms with Crippen LogP contribution in [0.3, 0.4) is 0 Å². The van der Waals surface area contributed by atoms with Crippen molar-refractivity contribution in [3.8, 4) is 5.75 Å². The molecule has 1 amide bonds. The first-order valence-electron chi connectivity index (χ1n) is 11.1. The zero-order valence-electron chi connectivity index (χ0n) is 17.2. The highest BCUT2D eigenvalue weighted by Gasteiger charge is 2.23. The van der Waals surface area contributed by atoms with Crippen LogP contribution >= 0.6 is 0 Å². The molecule has 29 heavy (non-hydrogen) atoms. The quantitative estimate of drug-likeness (QED) is 0.809. The highest BCUT2D eigenvalue weighted by atomic mass is 16.5. The summed E-state index contributed by atoms with van der Waals surface area (Å²) in [6.45, 7) is 4.54. The van der Waals surface area contributed by atoms with Crippen LogP contribution in [-0.2, 0) is 0 Å². The summed E-state index contributed by atoms with van der Waals surface area (Å²) in [6.07, 6.45) is 6.43. The van der Waals surface area contributed by atoms with Crippen LogP contribution < -0.4 is 4.74 Å². The van der Waals surface area contributed by atoms with Gasteiger partial charge in [0.25, 0.3) is 5.91 Å². The number of fused-ring (bicyclic) bond motifs is 1. The van der Waals surface area contributed by atoms with E-state index in [1.54, 1.807) is 0 Å². The zero-order valence-corrected chi connectivity index (χ0v) is 17.2. The zero-order chi connectivity index (χ0) is 20.1. The van der Waals surface area contributed by atoms with Gasteiger partial charge in [-0.25, -0.2) is 0 Å². The molecule has 1 N–H and O–H groups in total. The summed E-state index contributed by atoms with van der Waals surface area (Å²) in [5, 5.41) is 12.6. The predicted molar refractivity (Wildman–Crippen MR) is 115 cm³/mol. The fourth-order valence-electron chi connectivity index (χ4n) is 4.45. The molecule has 5 nitrogen and oxygen atoms in total. The number of amides is 1. The number of ether oxygens (including phenoxy) is 1. The Kier molecular flexibility index (Phi) is 6.67.